The zero-order valence-electron chi connectivity index (χ0n) is 14.6. The first kappa shape index (κ1) is 20.2. The largest absolute Gasteiger partial charge is 0.490 e. The lowest BCUT2D eigenvalue weighted by atomic mass is 10.2. The Morgan fingerprint density at radius 1 is 1.23 bits per heavy atom. The summed E-state index contributed by atoms with van der Waals surface area (Å²) in [5.74, 6) is -0.243. The van der Waals surface area contributed by atoms with Crippen molar-refractivity contribution in [2.24, 2.45) is 0 Å². The van der Waals surface area contributed by atoms with Gasteiger partial charge in [-0.25, -0.2) is 4.39 Å². The smallest absolute Gasteiger partial charge is 0.320 e. The molecule has 0 fully saturated rings. The third kappa shape index (κ3) is 5.44. The summed E-state index contributed by atoms with van der Waals surface area (Å²) in [7, 11) is 0. The summed E-state index contributed by atoms with van der Waals surface area (Å²) >= 11 is 3.46. The molecular weight excluding hydrogens is 405 g/mol. The molecule has 140 valence electrons. The SMILES string of the molecule is CCOc1cc(CNC(C)C(=O)O)c(Br)cc1OCc1ccccc1F. The maximum Gasteiger partial charge on any atom is 0.320 e. The van der Waals surface area contributed by atoms with E-state index in [1.807, 2.05) is 6.92 Å². The van der Waals surface area contributed by atoms with E-state index < -0.39 is 12.0 Å². The van der Waals surface area contributed by atoms with E-state index in [1.54, 1.807) is 37.3 Å². The highest BCUT2D eigenvalue weighted by Gasteiger charge is 2.15. The number of aliphatic carboxylic acids is 1. The van der Waals surface area contributed by atoms with Crippen LogP contribution in [0.1, 0.15) is 25.0 Å². The molecule has 7 heteroatoms. The van der Waals surface area contributed by atoms with Crippen LogP contribution in [0.3, 0.4) is 0 Å². The van der Waals surface area contributed by atoms with Crippen molar-refractivity contribution in [2.45, 2.75) is 33.0 Å². The van der Waals surface area contributed by atoms with Crippen molar-refractivity contribution in [3.63, 3.8) is 0 Å². The summed E-state index contributed by atoms with van der Waals surface area (Å²) in [4.78, 5) is 10.9. The minimum absolute atomic E-state index is 0.0762. The van der Waals surface area contributed by atoms with Crippen LogP contribution in [0.15, 0.2) is 40.9 Å². The van der Waals surface area contributed by atoms with Gasteiger partial charge in [0.2, 0.25) is 0 Å². The molecule has 0 aliphatic rings. The molecule has 2 N–H and O–H groups in total. The lowest BCUT2D eigenvalue weighted by molar-refractivity contribution is -0.139. The first-order valence-electron chi connectivity index (χ1n) is 8.20. The van der Waals surface area contributed by atoms with Crippen LogP contribution in [0.4, 0.5) is 4.39 Å². The lowest BCUT2D eigenvalue weighted by Crippen LogP contribution is -2.33. The second-order valence-electron chi connectivity index (χ2n) is 5.64. The van der Waals surface area contributed by atoms with Gasteiger partial charge in [0.25, 0.3) is 0 Å². The molecule has 0 aliphatic heterocycles. The predicted molar refractivity (Wildman–Crippen MR) is 100.0 cm³/mol. The van der Waals surface area contributed by atoms with Crippen molar-refractivity contribution in [3.05, 3.63) is 57.8 Å². The van der Waals surface area contributed by atoms with Crippen molar-refractivity contribution >= 4 is 21.9 Å². The lowest BCUT2D eigenvalue weighted by Gasteiger charge is -2.16. The molecule has 0 saturated carbocycles. The number of nitrogens with one attached hydrogen (secondary N) is 1. The molecule has 0 heterocycles. The number of halogens is 2. The van der Waals surface area contributed by atoms with Gasteiger partial charge >= 0.3 is 5.97 Å². The first-order valence-corrected chi connectivity index (χ1v) is 8.99. The normalized spacial score (nSPS) is 11.8. The number of carbonyl (C=O) groups is 1. The number of ether oxygens (including phenoxy) is 2. The second-order valence-corrected chi connectivity index (χ2v) is 6.50. The molecule has 1 unspecified atom stereocenters. The molecule has 0 aliphatic carbocycles. The number of benzene rings is 2. The van der Waals surface area contributed by atoms with Gasteiger partial charge in [-0.15, -0.1) is 0 Å². The van der Waals surface area contributed by atoms with Gasteiger partial charge in [-0.2, -0.15) is 0 Å². The van der Waals surface area contributed by atoms with Gasteiger partial charge in [0.05, 0.1) is 6.61 Å². The van der Waals surface area contributed by atoms with E-state index in [0.717, 1.165) is 10.0 Å². The van der Waals surface area contributed by atoms with Gasteiger partial charge in [-0.1, -0.05) is 34.1 Å². The molecule has 2 aromatic carbocycles. The van der Waals surface area contributed by atoms with Crippen LogP contribution in [-0.4, -0.2) is 23.7 Å². The molecule has 5 nitrogen and oxygen atoms in total. The summed E-state index contributed by atoms with van der Waals surface area (Å²) in [6, 6.07) is 9.28. The third-order valence-electron chi connectivity index (χ3n) is 3.72. The molecule has 2 aromatic rings. The zero-order valence-corrected chi connectivity index (χ0v) is 16.2. The average molecular weight is 426 g/mol. The van der Waals surface area contributed by atoms with E-state index in [2.05, 4.69) is 21.2 Å². The summed E-state index contributed by atoms with van der Waals surface area (Å²) in [6.45, 7) is 4.29. The van der Waals surface area contributed by atoms with Gasteiger partial charge in [0.1, 0.15) is 18.5 Å². The van der Waals surface area contributed by atoms with E-state index in [4.69, 9.17) is 14.6 Å². The predicted octanol–water partition coefficient (Wildman–Crippen LogP) is 4.13. The standard InChI is InChI=1S/C19H21BrFNO4/c1-3-25-17-8-14(10-22-12(2)19(23)24)15(20)9-18(17)26-11-13-6-4-5-7-16(13)21/h4-9,12,22H,3,10-11H2,1-2H3,(H,23,24). The molecule has 2 rings (SSSR count). The molecule has 0 spiro atoms. The average Bonchev–Trinajstić information content (AvgIpc) is 2.61. The molecule has 26 heavy (non-hydrogen) atoms. The molecule has 0 amide bonds. The fourth-order valence-electron chi connectivity index (χ4n) is 2.22. The van der Waals surface area contributed by atoms with E-state index >= 15 is 0 Å². The number of hydrogen-bond donors (Lipinski definition) is 2. The van der Waals surface area contributed by atoms with E-state index in [0.29, 0.717) is 30.2 Å². The fraction of sp³-hybridized carbons (Fsp3) is 0.316. The highest BCUT2D eigenvalue weighted by molar-refractivity contribution is 9.10. The fourth-order valence-corrected chi connectivity index (χ4v) is 2.68. The summed E-state index contributed by atoms with van der Waals surface area (Å²) in [5.41, 5.74) is 1.28. The molecule has 0 radical (unpaired) electrons. The number of rotatable bonds is 9. The monoisotopic (exact) mass is 425 g/mol. The van der Waals surface area contributed by atoms with Crippen LogP contribution in [-0.2, 0) is 17.9 Å². The highest BCUT2D eigenvalue weighted by atomic mass is 79.9. The zero-order chi connectivity index (χ0) is 19.1. The maximum atomic E-state index is 13.7. The van der Waals surface area contributed by atoms with E-state index in [1.165, 1.54) is 6.07 Å². The minimum atomic E-state index is -0.920. The Morgan fingerprint density at radius 3 is 2.58 bits per heavy atom. The van der Waals surface area contributed by atoms with Crippen LogP contribution >= 0.6 is 15.9 Å². The van der Waals surface area contributed by atoms with Crippen molar-refractivity contribution in [1.29, 1.82) is 0 Å². The molecule has 0 bridgehead atoms. The van der Waals surface area contributed by atoms with Gasteiger partial charge < -0.3 is 19.9 Å². The van der Waals surface area contributed by atoms with Crippen LogP contribution in [0.5, 0.6) is 11.5 Å². The van der Waals surface area contributed by atoms with Crippen LogP contribution in [0, 0.1) is 5.82 Å². The Balaban J connectivity index is 2.17. The molecule has 0 aromatic heterocycles. The first-order chi connectivity index (χ1) is 12.4. The molecule has 1 atom stereocenters. The Bertz CT molecular complexity index is 769. The Hall–Kier alpha value is -2.12. The van der Waals surface area contributed by atoms with E-state index in [-0.39, 0.29) is 12.4 Å². The van der Waals surface area contributed by atoms with Gasteiger partial charge in [-0.05, 0) is 37.6 Å². The highest BCUT2D eigenvalue weighted by Crippen LogP contribution is 2.34. The summed E-state index contributed by atoms with van der Waals surface area (Å²) in [6.07, 6.45) is 0. The Morgan fingerprint density at radius 2 is 1.92 bits per heavy atom. The number of carboxylic acids is 1. The third-order valence-corrected chi connectivity index (χ3v) is 4.46. The maximum absolute atomic E-state index is 13.7. The van der Waals surface area contributed by atoms with Crippen LogP contribution in [0.2, 0.25) is 0 Å². The topological polar surface area (TPSA) is 67.8 Å². The second kappa shape index (κ2) is 9.54. The van der Waals surface area contributed by atoms with Crippen molar-refractivity contribution in [1.82, 2.24) is 5.32 Å². The number of carboxylic acid groups (broad SMARTS) is 1. The Kier molecular flexibility index (Phi) is 7.41. The number of hydrogen-bond acceptors (Lipinski definition) is 4. The van der Waals surface area contributed by atoms with Gasteiger partial charge in [-0.3, -0.25) is 4.79 Å². The van der Waals surface area contributed by atoms with Gasteiger partial charge in [0.15, 0.2) is 11.5 Å². The quantitative estimate of drug-likeness (QED) is 0.631. The molecule has 0 saturated heterocycles. The van der Waals surface area contributed by atoms with Crippen molar-refractivity contribution < 1.29 is 23.8 Å². The Labute approximate surface area is 160 Å². The minimum Gasteiger partial charge on any atom is -0.490 e. The van der Waals surface area contributed by atoms with Crippen LogP contribution in [0.25, 0.3) is 0 Å². The van der Waals surface area contributed by atoms with Crippen molar-refractivity contribution in [3.8, 4) is 11.5 Å². The molecular formula is C19H21BrFNO4. The van der Waals surface area contributed by atoms with Crippen molar-refractivity contribution in [2.75, 3.05) is 6.61 Å². The van der Waals surface area contributed by atoms with Gasteiger partial charge in [0, 0.05) is 16.6 Å². The summed E-state index contributed by atoms with van der Waals surface area (Å²) in [5, 5.41) is 11.9. The van der Waals surface area contributed by atoms with E-state index in [9.17, 15) is 9.18 Å². The summed E-state index contributed by atoms with van der Waals surface area (Å²) < 4.78 is 25.9. The van der Waals surface area contributed by atoms with Crippen LogP contribution < -0.4 is 14.8 Å².